The third-order valence-corrected chi connectivity index (χ3v) is 6.27. The molecule has 1 heterocycles. The van der Waals surface area contributed by atoms with Crippen molar-refractivity contribution in [2.75, 3.05) is 6.26 Å². The first-order valence-corrected chi connectivity index (χ1v) is 10.3. The maximum Gasteiger partial charge on any atom is 0.416 e. The van der Waals surface area contributed by atoms with Crippen LogP contribution in [-0.4, -0.2) is 20.0 Å². The van der Waals surface area contributed by atoms with Crippen LogP contribution in [0.3, 0.4) is 0 Å². The molecule has 3 rings (SSSR count). The van der Waals surface area contributed by atoms with E-state index < -0.39 is 38.9 Å². The van der Waals surface area contributed by atoms with Gasteiger partial charge >= 0.3 is 6.18 Å². The maximum atomic E-state index is 13.5. The van der Waals surface area contributed by atoms with E-state index >= 15 is 0 Å². The van der Waals surface area contributed by atoms with E-state index in [1.807, 2.05) is 0 Å². The van der Waals surface area contributed by atoms with Crippen molar-refractivity contribution in [3.05, 3.63) is 70.2 Å². The Balaban J connectivity index is 2.09. The fraction of sp³-hybridized carbons (Fsp3) is 0.333. The molecule has 1 aliphatic rings. The van der Waals surface area contributed by atoms with Crippen LogP contribution in [0.5, 0.6) is 0 Å². The highest BCUT2D eigenvalue weighted by atomic mass is 35.5. The molecule has 1 saturated heterocycles. The molecule has 0 spiro atoms. The van der Waals surface area contributed by atoms with Crippen molar-refractivity contribution in [3.8, 4) is 0 Å². The number of sulfone groups is 1. The number of hydrogen-bond acceptors (Lipinski definition) is 3. The molecule has 1 aliphatic heterocycles. The first kappa shape index (κ1) is 19.2. The second kappa shape index (κ2) is 6.87. The topological polar surface area (TPSA) is 46.2 Å². The van der Waals surface area contributed by atoms with Gasteiger partial charge in [-0.15, -0.1) is 0 Å². The van der Waals surface area contributed by atoms with Gasteiger partial charge in [0, 0.05) is 23.2 Å². The van der Waals surface area contributed by atoms with Crippen molar-refractivity contribution in [2.45, 2.75) is 29.9 Å². The Morgan fingerprint density at radius 2 is 1.69 bits per heavy atom. The van der Waals surface area contributed by atoms with Crippen LogP contribution >= 0.6 is 11.6 Å². The van der Waals surface area contributed by atoms with Gasteiger partial charge in [-0.25, -0.2) is 8.42 Å². The van der Waals surface area contributed by atoms with Gasteiger partial charge in [-0.05, 0) is 35.7 Å². The predicted molar refractivity (Wildman–Crippen MR) is 94.8 cm³/mol. The summed E-state index contributed by atoms with van der Waals surface area (Å²) >= 11 is 5.90. The van der Waals surface area contributed by atoms with Crippen LogP contribution in [0.25, 0.3) is 0 Å². The second-order valence-electron chi connectivity index (χ2n) is 6.44. The van der Waals surface area contributed by atoms with E-state index in [1.165, 1.54) is 18.2 Å². The summed E-state index contributed by atoms with van der Waals surface area (Å²) in [5.74, 6) is -0.421. The molecule has 2 aromatic carbocycles. The first-order chi connectivity index (χ1) is 12.1. The predicted octanol–water partition coefficient (Wildman–Crippen LogP) is 4.55. The van der Waals surface area contributed by atoms with E-state index in [0.717, 1.165) is 17.9 Å². The standard InChI is InChI=1S/C18H17ClF3NO2S/c1-26(24,25)16-10-14(11-6-8-12(19)9-7-11)17(23-16)13-4-2-3-5-15(13)18(20,21)22/h2-9,14,16-17,23H,10H2,1H3. The summed E-state index contributed by atoms with van der Waals surface area (Å²) in [5, 5.41) is 2.50. The third-order valence-electron chi connectivity index (χ3n) is 4.65. The highest BCUT2D eigenvalue weighted by Gasteiger charge is 2.43. The van der Waals surface area contributed by atoms with Gasteiger partial charge in [0.25, 0.3) is 0 Å². The lowest BCUT2D eigenvalue weighted by Gasteiger charge is -2.24. The van der Waals surface area contributed by atoms with Crippen LogP contribution < -0.4 is 5.32 Å². The molecule has 0 bridgehead atoms. The average molecular weight is 404 g/mol. The molecule has 0 amide bonds. The largest absolute Gasteiger partial charge is 0.416 e. The lowest BCUT2D eigenvalue weighted by Crippen LogP contribution is -2.32. The fourth-order valence-electron chi connectivity index (χ4n) is 3.42. The van der Waals surface area contributed by atoms with E-state index in [-0.39, 0.29) is 12.0 Å². The summed E-state index contributed by atoms with van der Waals surface area (Å²) < 4.78 is 64.4. The molecular formula is C18H17ClF3NO2S. The minimum Gasteiger partial charge on any atom is -0.294 e. The van der Waals surface area contributed by atoms with Crippen molar-refractivity contribution in [1.82, 2.24) is 5.32 Å². The number of hydrogen-bond donors (Lipinski definition) is 1. The molecule has 0 aromatic heterocycles. The molecule has 0 aliphatic carbocycles. The Labute approximate surface area is 155 Å². The van der Waals surface area contributed by atoms with Crippen LogP contribution in [0.15, 0.2) is 48.5 Å². The Bertz CT molecular complexity index is 897. The van der Waals surface area contributed by atoms with Gasteiger partial charge in [-0.3, -0.25) is 5.32 Å². The fourth-order valence-corrected chi connectivity index (χ4v) is 4.50. The van der Waals surface area contributed by atoms with E-state index in [9.17, 15) is 21.6 Å². The second-order valence-corrected chi connectivity index (χ2v) is 9.11. The molecule has 1 N–H and O–H groups in total. The lowest BCUT2D eigenvalue weighted by atomic mass is 9.86. The van der Waals surface area contributed by atoms with Crippen LogP contribution in [0.2, 0.25) is 5.02 Å². The molecule has 0 saturated carbocycles. The molecule has 2 aromatic rings. The summed E-state index contributed by atoms with van der Waals surface area (Å²) in [5.41, 5.74) is 0.0340. The van der Waals surface area contributed by atoms with Crippen molar-refractivity contribution in [2.24, 2.45) is 0 Å². The van der Waals surface area contributed by atoms with Crippen molar-refractivity contribution >= 4 is 21.4 Å². The van der Waals surface area contributed by atoms with E-state index in [0.29, 0.717) is 5.02 Å². The monoisotopic (exact) mass is 403 g/mol. The Kier molecular flexibility index (Phi) is 5.07. The van der Waals surface area contributed by atoms with Gasteiger partial charge in [0.15, 0.2) is 9.84 Å². The van der Waals surface area contributed by atoms with Gasteiger partial charge < -0.3 is 0 Å². The summed E-state index contributed by atoms with van der Waals surface area (Å²) in [6.07, 6.45) is -3.25. The number of halogens is 4. The van der Waals surface area contributed by atoms with Crippen LogP contribution in [0, 0.1) is 0 Å². The van der Waals surface area contributed by atoms with Crippen molar-refractivity contribution in [1.29, 1.82) is 0 Å². The minimum absolute atomic E-state index is 0.0473. The lowest BCUT2D eigenvalue weighted by molar-refractivity contribution is -0.138. The highest BCUT2D eigenvalue weighted by Crippen LogP contribution is 2.45. The third kappa shape index (κ3) is 3.89. The number of nitrogens with one attached hydrogen (secondary N) is 1. The van der Waals surface area contributed by atoms with Crippen molar-refractivity contribution in [3.63, 3.8) is 0 Å². The molecule has 0 radical (unpaired) electrons. The van der Waals surface area contributed by atoms with E-state index in [2.05, 4.69) is 5.32 Å². The quantitative estimate of drug-likeness (QED) is 0.817. The SMILES string of the molecule is CS(=O)(=O)C1CC(c2ccc(Cl)cc2)C(c2ccccc2C(F)(F)F)N1. The first-order valence-electron chi connectivity index (χ1n) is 7.94. The molecule has 3 atom stereocenters. The van der Waals surface area contributed by atoms with E-state index in [1.54, 1.807) is 24.3 Å². The van der Waals surface area contributed by atoms with Crippen LogP contribution in [-0.2, 0) is 16.0 Å². The van der Waals surface area contributed by atoms with Gasteiger partial charge in [0.05, 0.1) is 5.56 Å². The normalized spacial score (nSPS) is 24.0. The number of rotatable bonds is 3. The zero-order valence-electron chi connectivity index (χ0n) is 13.8. The smallest absolute Gasteiger partial charge is 0.294 e. The highest BCUT2D eigenvalue weighted by molar-refractivity contribution is 7.91. The average Bonchev–Trinajstić information content (AvgIpc) is 3.00. The minimum atomic E-state index is -4.52. The molecule has 140 valence electrons. The molecule has 1 fully saturated rings. The number of benzene rings is 2. The Hall–Kier alpha value is -1.57. The molecule has 3 unspecified atom stereocenters. The zero-order chi connectivity index (χ0) is 19.1. The van der Waals surface area contributed by atoms with Crippen LogP contribution in [0.1, 0.15) is 35.1 Å². The summed E-state index contributed by atoms with van der Waals surface area (Å²) in [6, 6.07) is 11.2. The summed E-state index contributed by atoms with van der Waals surface area (Å²) in [6.45, 7) is 0. The van der Waals surface area contributed by atoms with Gasteiger partial charge in [-0.2, -0.15) is 13.2 Å². The Morgan fingerprint density at radius 1 is 1.08 bits per heavy atom. The molecule has 26 heavy (non-hydrogen) atoms. The molecule has 3 nitrogen and oxygen atoms in total. The van der Waals surface area contributed by atoms with Crippen molar-refractivity contribution < 1.29 is 21.6 Å². The zero-order valence-corrected chi connectivity index (χ0v) is 15.4. The van der Waals surface area contributed by atoms with Gasteiger partial charge in [0.2, 0.25) is 0 Å². The summed E-state index contributed by atoms with van der Waals surface area (Å²) in [7, 11) is -3.46. The van der Waals surface area contributed by atoms with E-state index in [4.69, 9.17) is 11.6 Å². The number of alkyl halides is 3. The van der Waals surface area contributed by atoms with Gasteiger partial charge in [0.1, 0.15) is 5.37 Å². The maximum absolute atomic E-state index is 13.5. The van der Waals surface area contributed by atoms with Gasteiger partial charge in [-0.1, -0.05) is 41.9 Å². The summed E-state index contributed by atoms with van der Waals surface area (Å²) in [4.78, 5) is 0. The molecular weight excluding hydrogens is 387 g/mol. The Morgan fingerprint density at radius 3 is 2.27 bits per heavy atom. The van der Waals surface area contributed by atoms with Crippen LogP contribution in [0.4, 0.5) is 13.2 Å². The molecule has 8 heteroatoms.